The van der Waals surface area contributed by atoms with Crippen LogP contribution in [0.3, 0.4) is 0 Å². The number of hydrogen-bond acceptors (Lipinski definition) is 3. The van der Waals surface area contributed by atoms with E-state index in [0.717, 1.165) is 51.9 Å². The lowest BCUT2D eigenvalue weighted by Crippen LogP contribution is -2.37. The van der Waals surface area contributed by atoms with E-state index in [-0.39, 0.29) is 0 Å². The van der Waals surface area contributed by atoms with Crippen molar-refractivity contribution in [3.05, 3.63) is 70.8 Å². The van der Waals surface area contributed by atoms with Gasteiger partial charge in [0, 0.05) is 32.7 Å². The van der Waals surface area contributed by atoms with Gasteiger partial charge in [0.25, 0.3) is 0 Å². The monoisotopic (exact) mass is 380 g/mol. The Labute approximate surface area is 168 Å². The Morgan fingerprint density at radius 2 is 1.82 bits per heavy atom. The topological polar surface area (TPSA) is 48.9 Å². The second-order valence-corrected chi connectivity index (χ2v) is 7.18. The predicted octanol–water partition coefficient (Wildman–Crippen LogP) is 3.08. The molecular formula is C23H32N4O. The summed E-state index contributed by atoms with van der Waals surface area (Å²) in [6, 6.07) is 17.2. The number of nitrogens with zero attached hydrogens (tertiary/aromatic N) is 2. The molecule has 0 bridgehead atoms. The van der Waals surface area contributed by atoms with Crippen LogP contribution in [0.15, 0.2) is 53.5 Å². The molecule has 0 amide bonds. The van der Waals surface area contributed by atoms with Crippen LogP contribution in [0.5, 0.6) is 0 Å². The maximum atomic E-state index is 5.44. The molecule has 1 saturated heterocycles. The molecule has 0 saturated carbocycles. The van der Waals surface area contributed by atoms with E-state index in [1.807, 2.05) is 0 Å². The van der Waals surface area contributed by atoms with Crippen molar-refractivity contribution in [3.63, 3.8) is 0 Å². The maximum Gasteiger partial charge on any atom is 0.191 e. The highest BCUT2D eigenvalue weighted by Gasteiger charge is 2.10. The number of guanidine groups is 1. The molecule has 2 aromatic carbocycles. The van der Waals surface area contributed by atoms with Gasteiger partial charge in [-0.25, -0.2) is 4.99 Å². The summed E-state index contributed by atoms with van der Waals surface area (Å²) in [6.45, 7) is 11.2. The first-order chi connectivity index (χ1) is 13.7. The number of hydrogen-bond donors (Lipinski definition) is 2. The number of benzene rings is 2. The lowest BCUT2D eigenvalue weighted by atomic mass is 10.1. The third-order valence-corrected chi connectivity index (χ3v) is 4.97. The molecule has 0 atom stereocenters. The quantitative estimate of drug-likeness (QED) is 0.572. The van der Waals surface area contributed by atoms with Crippen LogP contribution in [0.4, 0.5) is 0 Å². The van der Waals surface area contributed by atoms with E-state index in [9.17, 15) is 0 Å². The van der Waals surface area contributed by atoms with Crippen molar-refractivity contribution < 1.29 is 4.74 Å². The number of nitrogens with one attached hydrogen (secondary N) is 2. The Kier molecular flexibility index (Phi) is 7.88. The smallest absolute Gasteiger partial charge is 0.191 e. The minimum Gasteiger partial charge on any atom is -0.379 e. The molecule has 28 heavy (non-hydrogen) atoms. The van der Waals surface area contributed by atoms with Crippen molar-refractivity contribution in [2.75, 3.05) is 32.8 Å². The first-order valence-electron chi connectivity index (χ1n) is 10.2. The molecule has 3 rings (SSSR count). The number of morpholine rings is 1. The van der Waals surface area contributed by atoms with Gasteiger partial charge < -0.3 is 15.4 Å². The van der Waals surface area contributed by atoms with Gasteiger partial charge in [0.2, 0.25) is 0 Å². The molecule has 1 aliphatic rings. The Balaban J connectivity index is 1.59. The van der Waals surface area contributed by atoms with Crippen molar-refractivity contribution in [2.24, 2.45) is 4.99 Å². The van der Waals surface area contributed by atoms with Crippen LogP contribution in [0, 0.1) is 6.92 Å². The average molecular weight is 381 g/mol. The predicted molar refractivity (Wildman–Crippen MR) is 115 cm³/mol. The van der Waals surface area contributed by atoms with Crippen molar-refractivity contribution >= 4 is 5.96 Å². The lowest BCUT2D eigenvalue weighted by molar-refractivity contribution is 0.0342. The van der Waals surface area contributed by atoms with Crippen molar-refractivity contribution in [3.8, 4) is 0 Å². The molecular weight excluding hydrogens is 348 g/mol. The normalized spacial score (nSPS) is 15.4. The van der Waals surface area contributed by atoms with Gasteiger partial charge >= 0.3 is 0 Å². The summed E-state index contributed by atoms with van der Waals surface area (Å²) in [5.41, 5.74) is 5.16. The van der Waals surface area contributed by atoms with Crippen molar-refractivity contribution in [1.82, 2.24) is 15.5 Å². The van der Waals surface area contributed by atoms with Crippen LogP contribution in [-0.4, -0.2) is 43.7 Å². The number of aliphatic imine (C=N–C) groups is 1. The summed E-state index contributed by atoms with van der Waals surface area (Å²) in [6.07, 6.45) is 0. The van der Waals surface area contributed by atoms with E-state index < -0.39 is 0 Å². The molecule has 1 aliphatic heterocycles. The minimum absolute atomic E-state index is 0.667. The van der Waals surface area contributed by atoms with Crippen molar-refractivity contribution in [1.29, 1.82) is 0 Å². The van der Waals surface area contributed by atoms with E-state index in [4.69, 9.17) is 9.73 Å². The molecule has 2 N–H and O–H groups in total. The third kappa shape index (κ3) is 6.36. The van der Waals surface area contributed by atoms with Crippen molar-refractivity contribution in [2.45, 2.75) is 33.5 Å². The highest BCUT2D eigenvalue weighted by Crippen LogP contribution is 2.11. The van der Waals surface area contributed by atoms with Gasteiger partial charge in [-0.3, -0.25) is 4.90 Å². The largest absolute Gasteiger partial charge is 0.379 e. The highest BCUT2D eigenvalue weighted by molar-refractivity contribution is 5.79. The molecule has 2 aromatic rings. The number of aryl methyl sites for hydroxylation is 1. The van der Waals surface area contributed by atoms with Gasteiger partial charge in [0.15, 0.2) is 5.96 Å². The van der Waals surface area contributed by atoms with Crippen LogP contribution in [0.25, 0.3) is 0 Å². The van der Waals surface area contributed by atoms with Crippen LogP contribution < -0.4 is 10.6 Å². The molecule has 5 heteroatoms. The van der Waals surface area contributed by atoms with Gasteiger partial charge in [-0.2, -0.15) is 0 Å². The maximum absolute atomic E-state index is 5.44. The first-order valence-corrected chi connectivity index (χ1v) is 10.2. The molecule has 0 radical (unpaired) electrons. The Morgan fingerprint density at radius 3 is 2.61 bits per heavy atom. The number of ether oxygens (including phenoxy) is 1. The zero-order chi connectivity index (χ0) is 19.6. The van der Waals surface area contributed by atoms with Gasteiger partial charge in [0.1, 0.15) is 0 Å². The van der Waals surface area contributed by atoms with E-state index in [1.165, 1.54) is 22.3 Å². The third-order valence-electron chi connectivity index (χ3n) is 4.97. The molecule has 1 heterocycles. The standard InChI is InChI=1S/C23H32N4O/c1-3-24-23(26-17-22-10-5-4-7-19(22)2)25-16-20-8-6-9-21(15-20)18-27-11-13-28-14-12-27/h4-10,15H,3,11-14,16-18H2,1-2H3,(H2,24,25,26). The second-order valence-electron chi connectivity index (χ2n) is 7.18. The number of rotatable bonds is 7. The lowest BCUT2D eigenvalue weighted by Gasteiger charge is -2.26. The summed E-state index contributed by atoms with van der Waals surface area (Å²) in [5, 5.41) is 6.78. The van der Waals surface area contributed by atoms with Gasteiger partial charge in [-0.05, 0) is 36.1 Å². The summed E-state index contributed by atoms with van der Waals surface area (Å²) in [7, 11) is 0. The van der Waals surface area contributed by atoms with Gasteiger partial charge in [-0.15, -0.1) is 0 Å². The average Bonchev–Trinajstić information content (AvgIpc) is 2.72. The van der Waals surface area contributed by atoms with E-state index >= 15 is 0 Å². The summed E-state index contributed by atoms with van der Waals surface area (Å²) < 4.78 is 5.44. The first kappa shape index (κ1) is 20.4. The van der Waals surface area contributed by atoms with E-state index in [0.29, 0.717) is 6.54 Å². The summed E-state index contributed by atoms with van der Waals surface area (Å²) >= 11 is 0. The molecule has 0 aliphatic carbocycles. The zero-order valence-corrected chi connectivity index (χ0v) is 17.1. The molecule has 0 unspecified atom stereocenters. The second kappa shape index (κ2) is 10.8. The molecule has 1 fully saturated rings. The van der Waals surface area contributed by atoms with Crippen LogP contribution in [0.1, 0.15) is 29.2 Å². The van der Waals surface area contributed by atoms with Crippen LogP contribution in [0.2, 0.25) is 0 Å². The van der Waals surface area contributed by atoms with Gasteiger partial charge in [0.05, 0.1) is 19.8 Å². The fourth-order valence-electron chi connectivity index (χ4n) is 3.34. The Hall–Kier alpha value is -2.37. The fraction of sp³-hybridized carbons (Fsp3) is 0.435. The minimum atomic E-state index is 0.667. The molecule has 0 aromatic heterocycles. The van der Waals surface area contributed by atoms with Crippen LogP contribution >= 0.6 is 0 Å². The SMILES string of the molecule is CCNC(=NCc1cccc(CN2CCOCC2)c1)NCc1ccccc1C. The summed E-state index contributed by atoms with van der Waals surface area (Å²) in [4.78, 5) is 7.22. The van der Waals surface area contributed by atoms with E-state index in [1.54, 1.807) is 0 Å². The van der Waals surface area contributed by atoms with Crippen LogP contribution in [-0.2, 0) is 24.4 Å². The van der Waals surface area contributed by atoms with Gasteiger partial charge in [-0.1, -0.05) is 48.5 Å². The Bertz CT molecular complexity index is 769. The Morgan fingerprint density at radius 1 is 1.04 bits per heavy atom. The fourth-order valence-corrected chi connectivity index (χ4v) is 3.34. The molecule has 5 nitrogen and oxygen atoms in total. The zero-order valence-electron chi connectivity index (χ0n) is 17.1. The molecule has 0 spiro atoms. The van der Waals surface area contributed by atoms with E-state index in [2.05, 4.69) is 77.9 Å². The molecule has 150 valence electrons. The summed E-state index contributed by atoms with van der Waals surface area (Å²) in [5.74, 6) is 0.851. The highest BCUT2D eigenvalue weighted by atomic mass is 16.5.